The molecule has 1 N–H and O–H groups in total. The van der Waals surface area contributed by atoms with E-state index in [1.165, 1.54) is 10.8 Å². The van der Waals surface area contributed by atoms with Crippen LogP contribution in [0.25, 0.3) is 10.8 Å². The monoisotopic (exact) mass is 303 g/mol. The molecule has 1 amide bonds. The molecule has 0 aliphatic carbocycles. The Hall–Kier alpha value is -2.61. The molecule has 0 saturated heterocycles. The molecule has 2 nitrogen and oxygen atoms in total. The minimum atomic E-state index is -0.0468. The molecule has 0 fully saturated rings. The van der Waals surface area contributed by atoms with Crippen LogP contribution in [0.15, 0.2) is 60.7 Å². The van der Waals surface area contributed by atoms with Crippen LogP contribution < -0.4 is 5.32 Å². The summed E-state index contributed by atoms with van der Waals surface area (Å²) in [6, 6.07) is 20.4. The summed E-state index contributed by atoms with van der Waals surface area (Å²) >= 11 is 0. The summed E-state index contributed by atoms with van der Waals surface area (Å²) in [5, 5.41) is 5.50. The fourth-order valence-corrected chi connectivity index (χ4v) is 3.09. The highest BCUT2D eigenvalue weighted by atomic mass is 16.1. The van der Waals surface area contributed by atoms with Crippen molar-refractivity contribution < 1.29 is 4.79 Å². The zero-order valence-electron chi connectivity index (χ0n) is 13.8. The molecule has 116 valence electrons. The normalized spacial score (nSPS) is 12.1. The Morgan fingerprint density at radius 1 is 0.913 bits per heavy atom. The average Bonchev–Trinajstić information content (AvgIpc) is 2.53. The molecule has 0 bridgehead atoms. The lowest BCUT2D eigenvalue weighted by Crippen LogP contribution is -2.26. The van der Waals surface area contributed by atoms with Gasteiger partial charge in [-0.05, 0) is 49.2 Å². The van der Waals surface area contributed by atoms with Gasteiger partial charge in [-0.1, -0.05) is 59.7 Å². The van der Waals surface area contributed by atoms with E-state index in [1.807, 2.05) is 51.1 Å². The molecule has 3 aromatic carbocycles. The Bertz CT molecular complexity index is 841. The van der Waals surface area contributed by atoms with Crippen LogP contribution >= 0.6 is 0 Å². The molecule has 0 radical (unpaired) electrons. The van der Waals surface area contributed by atoms with Crippen molar-refractivity contribution in [1.82, 2.24) is 5.32 Å². The van der Waals surface area contributed by atoms with Gasteiger partial charge in [0, 0.05) is 5.56 Å². The number of hydrogen-bond donors (Lipinski definition) is 1. The van der Waals surface area contributed by atoms with Crippen LogP contribution in [-0.2, 0) is 0 Å². The minimum Gasteiger partial charge on any atom is -0.345 e. The number of carbonyl (C=O) groups is 1. The van der Waals surface area contributed by atoms with Crippen LogP contribution in [-0.4, -0.2) is 5.91 Å². The Kier molecular flexibility index (Phi) is 4.16. The van der Waals surface area contributed by atoms with Crippen molar-refractivity contribution in [3.05, 3.63) is 82.9 Å². The SMILES string of the molecule is Cc1cc(C)cc(C(=O)N[C@H](C)c2cccc3ccccc23)c1. The van der Waals surface area contributed by atoms with Crippen LogP contribution in [0, 0.1) is 13.8 Å². The van der Waals surface area contributed by atoms with Gasteiger partial charge in [0.1, 0.15) is 0 Å². The van der Waals surface area contributed by atoms with E-state index >= 15 is 0 Å². The van der Waals surface area contributed by atoms with Crippen molar-refractivity contribution in [2.75, 3.05) is 0 Å². The smallest absolute Gasteiger partial charge is 0.251 e. The van der Waals surface area contributed by atoms with E-state index in [0.29, 0.717) is 0 Å². The summed E-state index contributed by atoms with van der Waals surface area (Å²) in [6.07, 6.45) is 0. The number of rotatable bonds is 3. The van der Waals surface area contributed by atoms with Crippen LogP contribution in [0.4, 0.5) is 0 Å². The van der Waals surface area contributed by atoms with E-state index in [-0.39, 0.29) is 11.9 Å². The summed E-state index contributed by atoms with van der Waals surface area (Å²) < 4.78 is 0. The first-order chi connectivity index (χ1) is 11.0. The summed E-state index contributed by atoms with van der Waals surface area (Å²) in [4.78, 5) is 12.6. The van der Waals surface area contributed by atoms with Crippen molar-refractivity contribution in [2.45, 2.75) is 26.8 Å². The van der Waals surface area contributed by atoms with E-state index in [9.17, 15) is 4.79 Å². The van der Waals surface area contributed by atoms with E-state index in [1.54, 1.807) is 0 Å². The second-order valence-electron chi connectivity index (χ2n) is 6.14. The maximum atomic E-state index is 12.6. The maximum absolute atomic E-state index is 12.6. The van der Waals surface area contributed by atoms with Crippen molar-refractivity contribution in [1.29, 1.82) is 0 Å². The summed E-state index contributed by atoms with van der Waals surface area (Å²) in [6.45, 7) is 6.05. The van der Waals surface area contributed by atoms with Crippen molar-refractivity contribution in [3.8, 4) is 0 Å². The average molecular weight is 303 g/mol. The molecule has 0 unspecified atom stereocenters. The Labute approximate surface area is 137 Å². The van der Waals surface area contributed by atoms with Gasteiger partial charge in [0.05, 0.1) is 6.04 Å². The third-order valence-corrected chi connectivity index (χ3v) is 4.12. The molecular formula is C21H21NO. The van der Waals surface area contributed by atoms with Crippen LogP contribution in [0.5, 0.6) is 0 Å². The third-order valence-electron chi connectivity index (χ3n) is 4.12. The number of aryl methyl sites for hydroxylation is 2. The molecule has 3 rings (SSSR count). The first kappa shape index (κ1) is 15.3. The first-order valence-corrected chi connectivity index (χ1v) is 7.91. The molecule has 2 heteroatoms. The number of nitrogens with one attached hydrogen (secondary N) is 1. The number of benzene rings is 3. The lowest BCUT2D eigenvalue weighted by molar-refractivity contribution is 0.0940. The highest BCUT2D eigenvalue weighted by molar-refractivity contribution is 5.95. The Morgan fingerprint density at radius 2 is 1.57 bits per heavy atom. The number of amides is 1. The second-order valence-corrected chi connectivity index (χ2v) is 6.14. The summed E-state index contributed by atoms with van der Waals surface area (Å²) in [7, 11) is 0. The van der Waals surface area contributed by atoms with Gasteiger partial charge in [0.2, 0.25) is 0 Å². The van der Waals surface area contributed by atoms with Crippen LogP contribution in [0.1, 0.15) is 40.0 Å². The molecule has 0 spiro atoms. The Morgan fingerprint density at radius 3 is 2.30 bits per heavy atom. The summed E-state index contributed by atoms with van der Waals surface area (Å²) in [5.74, 6) is -0.0303. The topological polar surface area (TPSA) is 29.1 Å². The number of fused-ring (bicyclic) bond motifs is 1. The molecular weight excluding hydrogens is 282 g/mol. The van der Waals surface area contributed by atoms with Gasteiger partial charge in [0.15, 0.2) is 0 Å². The Balaban J connectivity index is 1.88. The van der Waals surface area contributed by atoms with Crippen LogP contribution in [0.2, 0.25) is 0 Å². The standard InChI is InChI=1S/C21H21NO/c1-14-11-15(2)13-18(12-14)21(23)22-16(3)19-10-6-8-17-7-4-5-9-20(17)19/h4-13,16H,1-3H3,(H,22,23)/t16-/m1/s1. The van der Waals surface area contributed by atoms with E-state index in [2.05, 4.69) is 35.6 Å². The molecule has 0 aliphatic rings. The molecule has 23 heavy (non-hydrogen) atoms. The molecule has 3 aromatic rings. The largest absolute Gasteiger partial charge is 0.345 e. The van der Waals surface area contributed by atoms with Gasteiger partial charge >= 0.3 is 0 Å². The van der Waals surface area contributed by atoms with Crippen molar-refractivity contribution in [3.63, 3.8) is 0 Å². The van der Waals surface area contributed by atoms with Crippen LogP contribution in [0.3, 0.4) is 0 Å². The van der Waals surface area contributed by atoms with E-state index in [4.69, 9.17) is 0 Å². The minimum absolute atomic E-state index is 0.0303. The van der Waals surface area contributed by atoms with Gasteiger partial charge in [-0.2, -0.15) is 0 Å². The van der Waals surface area contributed by atoms with Crippen molar-refractivity contribution >= 4 is 16.7 Å². The highest BCUT2D eigenvalue weighted by Gasteiger charge is 2.14. The maximum Gasteiger partial charge on any atom is 0.251 e. The highest BCUT2D eigenvalue weighted by Crippen LogP contribution is 2.24. The first-order valence-electron chi connectivity index (χ1n) is 7.91. The van der Waals surface area contributed by atoms with Gasteiger partial charge in [-0.25, -0.2) is 0 Å². The van der Waals surface area contributed by atoms with Gasteiger partial charge in [0.25, 0.3) is 5.91 Å². The zero-order chi connectivity index (χ0) is 16.4. The number of hydrogen-bond acceptors (Lipinski definition) is 1. The van der Waals surface area contributed by atoms with Gasteiger partial charge in [-0.15, -0.1) is 0 Å². The molecule has 0 saturated carbocycles. The molecule has 0 heterocycles. The molecule has 0 aliphatic heterocycles. The summed E-state index contributed by atoms with van der Waals surface area (Å²) in [5.41, 5.74) is 4.07. The van der Waals surface area contributed by atoms with E-state index in [0.717, 1.165) is 22.3 Å². The zero-order valence-corrected chi connectivity index (χ0v) is 13.8. The van der Waals surface area contributed by atoms with Gasteiger partial charge in [-0.3, -0.25) is 4.79 Å². The second kappa shape index (κ2) is 6.25. The number of carbonyl (C=O) groups excluding carboxylic acids is 1. The lowest BCUT2D eigenvalue weighted by atomic mass is 9.99. The lowest BCUT2D eigenvalue weighted by Gasteiger charge is -2.17. The van der Waals surface area contributed by atoms with Crippen molar-refractivity contribution in [2.24, 2.45) is 0 Å². The van der Waals surface area contributed by atoms with Gasteiger partial charge < -0.3 is 5.32 Å². The van der Waals surface area contributed by atoms with E-state index < -0.39 is 0 Å². The molecule has 1 atom stereocenters. The third kappa shape index (κ3) is 3.26. The predicted molar refractivity (Wildman–Crippen MR) is 95.7 cm³/mol. The predicted octanol–water partition coefficient (Wildman–Crippen LogP) is 4.95. The fraction of sp³-hybridized carbons (Fsp3) is 0.190. The quantitative estimate of drug-likeness (QED) is 0.729. The fourth-order valence-electron chi connectivity index (χ4n) is 3.09. The molecule has 0 aromatic heterocycles.